The summed E-state index contributed by atoms with van der Waals surface area (Å²) in [6, 6.07) is 6.23. The second kappa shape index (κ2) is 6.99. The number of nitro groups is 2. The number of fused-ring (bicyclic) bond motifs is 1. The van der Waals surface area contributed by atoms with E-state index in [0.717, 1.165) is 11.6 Å². The van der Waals surface area contributed by atoms with Crippen molar-refractivity contribution in [2.24, 2.45) is 0 Å². The number of non-ortho nitro benzene ring substituents is 1. The smallest absolute Gasteiger partial charge is 0.361 e. The molecule has 1 heterocycles. The lowest BCUT2D eigenvalue weighted by Gasteiger charge is -2.30. The molecule has 0 radical (unpaired) electrons. The number of halogens is 3. The number of nitro benzene ring substituents is 2. The maximum Gasteiger partial charge on any atom is 0.501 e. The van der Waals surface area contributed by atoms with Crippen molar-refractivity contribution in [2.45, 2.75) is 23.4 Å². The molecule has 0 fully saturated rings. The van der Waals surface area contributed by atoms with Gasteiger partial charge in [0.2, 0.25) is 0 Å². The van der Waals surface area contributed by atoms with E-state index in [1.165, 1.54) is 17.0 Å². The Morgan fingerprint density at radius 2 is 1.66 bits per heavy atom. The zero-order valence-electron chi connectivity index (χ0n) is 14.4. The predicted molar refractivity (Wildman–Crippen MR) is 94.2 cm³/mol. The van der Waals surface area contributed by atoms with Gasteiger partial charge >= 0.3 is 5.51 Å². The fraction of sp³-hybridized carbons (Fsp3) is 0.250. The molecule has 0 aromatic heterocycles. The number of alkyl halides is 3. The summed E-state index contributed by atoms with van der Waals surface area (Å²) >= 11 is 0. The molecule has 0 N–H and O–H groups in total. The topological polar surface area (TPSA) is 124 Å². The Labute approximate surface area is 161 Å². The van der Waals surface area contributed by atoms with Crippen molar-refractivity contribution in [1.82, 2.24) is 0 Å². The van der Waals surface area contributed by atoms with Gasteiger partial charge in [0.15, 0.2) is 0 Å². The predicted octanol–water partition coefficient (Wildman–Crippen LogP) is 3.36. The second-order valence-corrected chi connectivity index (χ2v) is 8.18. The molecule has 0 unspecified atom stereocenters. The monoisotopic (exact) mass is 431 g/mol. The largest absolute Gasteiger partial charge is 0.501 e. The van der Waals surface area contributed by atoms with E-state index in [2.05, 4.69) is 0 Å². The second-order valence-electron chi connectivity index (χ2n) is 6.24. The number of benzene rings is 2. The highest BCUT2D eigenvalue weighted by atomic mass is 32.2. The average molecular weight is 431 g/mol. The highest BCUT2D eigenvalue weighted by Crippen LogP contribution is 2.38. The fourth-order valence-corrected chi connectivity index (χ4v) is 3.86. The summed E-state index contributed by atoms with van der Waals surface area (Å²) in [6.07, 6.45) is 0.396. The van der Waals surface area contributed by atoms with Crippen LogP contribution >= 0.6 is 0 Å². The third-order valence-corrected chi connectivity index (χ3v) is 6.00. The first-order chi connectivity index (χ1) is 13.4. The zero-order valence-corrected chi connectivity index (χ0v) is 15.2. The number of hydrogen-bond acceptors (Lipinski definition) is 7. The Bertz CT molecular complexity index is 1120. The lowest BCUT2D eigenvalue weighted by atomic mass is 9.98. The molecule has 1 aliphatic heterocycles. The summed E-state index contributed by atoms with van der Waals surface area (Å²) in [7, 11) is -5.74. The van der Waals surface area contributed by atoms with Gasteiger partial charge in [-0.25, -0.2) is 8.42 Å². The fourth-order valence-electron chi connectivity index (χ4n) is 3.08. The maximum absolute atomic E-state index is 12.8. The van der Waals surface area contributed by atoms with Gasteiger partial charge in [-0.05, 0) is 29.7 Å². The quantitative estimate of drug-likeness (QED) is 0.537. The van der Waals surface area contributed by atoms with Crippen LogP contribution in [0.25, 0.3) is 0 Å². The minimum Gasteiger partial charge on any atom is -0.361 e. The minimum absolute atomic E-state index is 0.0449. The van der Waals surface area contributed by atoms with Crippen LogP contribution in [0.15, 0.2) is 41.3 Å². The molecule has 0 atom stereocenters. The first-order valence-corrected chi connectivity index (χ1v) is 9.51. The average Bonchev–Trinajstić information content (AvgIpc) is 2.65. The molecule has 0 bridgehead atoms. The minimum atomic E-state index is -5.74. The molecule has 0 amide bonds. The van der Waals surface area contributed by atoms with Crippen molar-refractivity contribution in [3.63, 3.8) is 0 Å². The van der Waals surface area contributed by atoms with Crippen LogP contribution in [-0.2, 0) is 22.8 Å². The van der Waals surface area contributed by atoms with Crippen molar-refractivity contribution in [3.8, 4) is 0 Å². The number of nitrogens with zero attached hydrogens (tertiary/aromatic N) is 3. The molecule has 2 aromatic rings. The van der Waals surface area contributed by atoms with E-state index in [-0.39, 0.29) is 24.5 Å². The van der Waals surface area contributed by atoms with E-state index in [4.69, 9.17) is 0 Å². The molecule has 0 aliphatic carbocycles. The molecular formula is C16H12F3N3O6S. The summed E-state index contributed by atoms with van der Waals surface area (Å²) in [4.78, 5) is 21.0. The first kappa shape index (κ1) is 20.5. The maximum atomic E-state index is 12.8. The molecule has 0 spiro atoms. The van der Waals surface area contributed by atoms with Gasteiger partial charge in [0.05, 0.1) is 14.7 Å². The van der Waals surface area contributed by atoms with E-state index < -0.39 is 35.8 Å². The Kier molecular flexibility index (Phi) is 4.94. The van der Waals surface area contributed by atoms with E-state index >= 15 is 0 Å². The summed E-state index contributed by atoms with van der Waals surface area (Å²) in [6.45, 7) is 0.306. The summed E-state index contributed by atoms with van der Waals surface area (Å²) in [5.74, 6) is 0. The third-order valence-electron chi connectivity index (χ3n) is 4.51. The van der Waals surface area contributed by atoms with Gasteiger partial charge in [-0.2, -0.15) is 13.2 Å². The molecular weight excluding hydrogens is 419 g/mol. The summed E-state index contributed by atoms with van der Waals surface area (Å²) < 4.78 is 61.4. The molecule has 1 aliphatic rings. The number of sulfone groups is 1. The van der Waals surface area contributed by atoms with Gasteiger partial charge in [0.25, 0.3) is 21.2 Å². The number of anilines is 1. The van der Waals surface area contributed by atoms with E-state index in [0.29, 0.717) is 24.1 Å². The molecule has 13 heteroatoms. The Morgan fingerprint density at radius 3 is 2.24 bits per heavy atom. The van der Waals surface area contributed by atoms with Crippen LogP contribution in [0.4, 0.5) is 30.2 Å². The highest BCUT2D eigenvalue weighted by molar-refractivity contribution is 7.92. The number of rotatable bonds is 4. The Hall–Kier alpha value is -3.22. The Balaban J connectivity index is 2.03. The zero-order chi connectivity index (χ0) is 21.6. The molecule has 3 rings (SSSR count). The molecule has 9 nitrogen and oxygen atoms in total. The van der Waals surface area contributed by atoms with Crippen LogP contribution in [0.3, 0.4) is 0 Å². The van der Waals surface area contributed by atoms with Crippen molar-refractivity contribution in [1.29, 1.82) is 0 Å². The van der Waals surface area contributed by atoms with Gasteiger partial charge in [-0.15, -0.1) is 0 Å². The number of hydrogen-bond donors (Lipinski definition) is 0. The van der Waals surface area contributed by atoms with E-state index in [9.17, 15) is 41.8 Å². The van der Waals surface area contributed by atoms with Gasteiger partial charge in [-0.1, -0.05) is 6.07 Å². The van der Waals surface area contributed by atoms with Gasteiger partial charge in [0.1, 0.15) is 5.69 Å². The standard InChI is InChI=1S/C16H12F3N3O6S/c17-16(18,19)29(27,28)13-3-4-14(15(8-13)22(25)26)20-6-5-10-1-2-12(21(23)24)7-11(10)9-20/h1-4,7-8H,5-6,9H2. The lowest BCUT2D eigenvalue weighted by molar-refractivity contribution is -0.384. The molecule has 29 heavy (non-hydrogen) atoms. The molecule has 2 aromatic carbocycles. The van der Waals surface area contributed by atoms with E-state index in [1.54, 1.807) is 6.07 Å². The van der Waals surface area contributed by atoms with Gasteiger partial charge in [0, 0.05) is 31.3 Å². The Morgan fingerprint density at radius 1 is 0.966 bits per heavy atom. The first-order valence-electron chi connectivity index (χ1n) is 8.03. The third kappa shape index (κ3) is 3.72. The van der Waals surface area contributed by atoms with Crippen LogP contribution in [0, 0.1) is 20.2 Å². The van der Waals surface area contributed by atoms with Crippen molar-refractivity contribution < 1.29 is 31.4 Å². The highest BCUT2D eigenvalue weighted by Gasteiger charge is 2.47. The van der Waals surface area contributed by atoms with Gasteiger partial charge in [-0.3, -0.25) is 20.2 Å². The SMILES string of the molecule is O=[N+]([O-])c1ccc2c(c1)CN(c1ccc(S(=O)(=O)C(F)(F)F)cc1[N+](=O)[O-])CC2. The molecule has 0 saturated carbocycles. The normalized spacial score (nSPS) is 14.4. The summed E-state index contributed by atoms with van der Waals surface area (Å²) in [5.41, 5.74) is -5.27. The van der Waals surface area contributed by atoms with Crippen molar-refractivity contribution in [3.05, 3.63) is 67.8 Å². The van der Waals surface area contributed by atoms with Crippen LogP contribution in [-0.4, -0.2) is 30.3 Å². The van der Waals surface area contributed by atoms with Gasteiger partial charge < -0.3 is 4.90 Å². The van der Waals surface area contributed by atoms with Crippen LogP contribution < -0.4 is 4.90 Å². The van der Waals surface area contributed by atoms with Crippen LogP contribution in [0.1, 0.15) is 11.1 Å². The van der Waals surface area contributed by atoms with E-state index in [1.807, 2.05) is 0 Å². The van der Waals surface area contributed by atoms with Crippen LogP contribution in [0.5, 0.6) is 0 Å². The van der Waals surface area contributed by atoms with Crippen LogP contribution in [0.2, 0.25) is 0 Å². The van der Waals surface area contributed by atoms with Crippen molar-refractivity contribution >= 4 is 26.9 Å². The summed E-state index contributed by atoms with van der Waals surface area (Å²) in [5, 5.41) is 22.3. The molecule has 154 valence electrons. The lowest BCUT2D eigenvalue weighted by Crippen LogP contribution is -2.31. The van der Waals surface area contributed by atoms with Crippen molar-refractivity contribution in [2.75, 3.05) is 11.4 Å². The molecule has 0 saturated heterocycles.